The van der Waals surface area contributed by atoms with Gasteiger partial charge in [0.2, 0.25) is 0 Å². The quantitative estimate of drug-likeness (QED) is 0.801. The predicted molar refractivity (Wildman–Crippen MR) is 71.0 cm³/mol. The van der Waals surface area contributed by atoms with Gasteiger partial charge in [-0.15, -0.1) is 0 Å². The number of aryl methyl sites for hydroxylation is 1. The summed E-state index contributed by atoms with van der Waals surface area (Å²) in [7, 11) is 1.93. The Labute approximate surface area is 109 Å². The van der Waals surface area contributed by atoms with E-state index in [1.54, 1.807) is 0 Å². The zero-order chi connectivity index (χ0) is 13.1. The highest BCUT2D eigenvalue weighted by molar-refractivity contribution is 5.14. The van der Waals surface area contributed by atoms with Gasteiger partial charge in [0.15, 0.2) is 0 Å². The molecular weight excluding hydrogens is 228 g/mol. The minimum absolute atomic E-state index is 0.117. The zero-order valence-electron chi connectivity index (χ0n) is 11.3. The Bertz CT molecular complexity index is 379. The predicted octanol–water partition coefficient (Wildman–Crippen LogP) is 0.513. The van der Waals surface area contributed by atoms with Crippen molar-refractivity contribution in [1.29, 1.82) is 0 Å². The smallest absolute Gasteiger partial charge is 0.0538 e. The van der Waals surface area contributed by atoms with E-state index in [0.717, 1.165) is 25.9 Å². The summed E-state index contributed by atoms with van der Waals surface area (Å²) >= 11 is 0. The average molecular weight is 252 g/mol. The number of rotatable bonds is 5. The molecule has 18 heavy (non-hydrogen) atoms. The van der Waals surface area contributed by atoms with Crippen molar-refractivity contribution < 1.29 is 5.11 Å². The molecule has 5 nitrogen and oxygen atoms in total. The van der Waals surface area contributed by atoms with E-state index in [2.05, 4.69) is 16.9 Å². The number of nitrogens with two attached hydrogens (primary N) is 1. The van der Waals surface area contributed by atoms with Gasteiger partial charge in [0, 0.05) is 38.0 Å². The molecule has 0 aromatic carbocycles. The standard InChI is InChI=1S/C13H24N4O/c1-3-12(14)13(11-6-15-16(2)8-11)17-5-4-10(7-17)9-18/h6,8,10,12-13,18H,3-5,7,9,14H2,1-2H3. The number of nitrogens with zero attached hydrogens (tertiary/aromatic N) is 3. The summed E-state index contributed by atoms with van der Waals surface area (Å²) in [6.45, 7) is 4.34. The first-order chi connectivity index (χ1) is 8.65. The fourth-order valence-corrected chi connectivity index (χ4v) is 2.81. The van der Waals surface area contributed by atoms with Gasteiger partial charge in [-0.3, -0.25) is 9.58 Å². The maximum Gasteiger partial charge on any atom is 0.0538 e. The van der Waals surface area contributed by atoms with Crippen LogP contribution in [-0.4, -0.2) is 45.5 Å². The van der Waals surface area contributed by atoms with Crippen LogP contribution in [0.4, 0.5) is 0 Å². The summed E-state index contributed by atoms with van der Waals surface area (Å²) < 4.78 is 1.82. The molecule has 0 spiro atoms. The summed E-state index contributed by atoms with van der Waals surface area (Å²) in [6.07, 6.45) is 5.96. The summed E-state index contributed by atoms with van der Waals surface area (Å²) in [6, 6.07) is 0.340. The zero-order valence-corrected chi connectivity index (χ0v) is 11.3. The second-order valence-electron chi connectivity index (χ2n) is 5.30. The third-order valence-electron chi connectivity index (χ3n) is 3.91. The molecule has 0 saturated carbocycles. The molecule has 1 fully saturated rings. The molecule has 2 rings (SSSR count). The summed E-state index contributed by atoms with van der Waals surface area (Å²) in [5.74, 6) is 0.397. The number of hydrogen-bond acceptors (Lipinski definition) is 4. The van der Waals surface area contributed by atoms with Gasteiger partial charge in [-0.05, 0) is 25.3 Å². The number of aliphatic hydroxyl groups is 1. The van der Waals surface area contributed by atoms with Crippen molar-refractivity contribution in [2.45, 2.75) is 31.8 Å². The van der Waals surface area contributed by atoms with E-state index in [1.807, 2.05) is 24.1 Å². The van der Waals surface area contributed by atoms with Gasteiger partial charge in [-0.2, -0.15) is 5.10 Å². The van der Waals surface area contributed by atoms with Crippen LogP contribution >= 0.6 is 0 Å². The molecule has 1 aromatic rings. The number of aromatic nitrogens is 2. The largest absolute Gasteiger partial charge is 0.396 e. The molecule has 102 valence electrons. The second kappa shape index (κ2) is 5.82. The van der Waals surface area contributed by atoms with Crippen molar-refractivity contribution in [3.63, 3.8) is 0 Å². The molecule has 1 saturated heterocycles. The van der Waals surface area contributed by atoms with Gasteiger partial charge >= 0.3 is 0 Å². The third kappa shape index (κ3) is 2.74. The Hall–Kier alpha value is -0.910. The van der Waals surface area contributed by atoms with Crippen LogP contribution < -0.4 is 5.73 Å². The topological polar surface area (TPSA) is 67.3 Å². The Morgan fingerprint density at radius 2 is 2.39 bits per heavy atom. The molecule has 0 amide bonds. The highest BCUT2D eigenvalue weighted by Crippen LogP contribution is 2.30. The van der Waals surface area contributed by atoms with E-state index >= 15 is 0 Å². The van der Waals surface area contributed by atoms with Crippen LogP contribution in [0, 0.1) is 5.92 Å². The van der Waals surface area contributed by atoms with Crippen molar-refractivity contribution in [3.8, 4) is 0 Å². The van der Waals surface area contributed by atoms with Crippen LogP contribution in [0.2, 0.25) is 0 Å². The summed E-state index contributed by atoms with van der Waals surface area (Å²) in [5.41, 5.74) is 7.47. The SMILES string of the molecule is CCC(N)C(c1cnn(C)c1)N1CCC(CO)C1. The van der Waals surface area contributed by atoms with Crippen LogP contribution in [0.5, 0.6) is 0 Å². The van der Waals surface area contributed by atoms with E-state index < -0.39 is 0 Å². The molecular formula is C13H24N4O. The molecule has 3 unspecified atom stereocenters. The van der Waals surface area contributed by atoms with Crippen LogP contribution in [0.25, 0.3) is 0 Å². The van der Waals surface area contributed by atoms with Crippen molar-refractivity contribution in [3.05, 3.63) is 18.0 Å². The molecule has 2 heterocycles. The fourth-order valence-electron chi connectivity index (χ4n) is 2.81. The van der Waals surface area contributed by atoms with Crippen molar-refractivity contribution in [2.75, 3.05) is 19.7 Å². The number of hydrogen-bond donors (Lipinski definition) is 2. The van der Waals surface area contributed by atoms with Crippen molar-refractivity contribution >= 4 is 0 Å². The molecule has 3 atom stereocenters. The van der Waals surface area contributed by atoms with Gasteiger partial charge in [0.25, 0.3) is 0 Å². The fraction of sp³-hybridized carbons (Fsp3) is 0.769. The first kappa shape index (κ1) is 13.5. The highest BCUT2D eigenvalue weighted by Gasteiger charge is 2.32. The molecule has 1 aliphatic rings. The molecule has 0 radical (unpaired) electrons. The van der Waals surface area contributed by atoms with Crippen LogP contribution in [0.15, 0.2) is 12.4 Å². The van der Waals surface area contributed by atoms with E-state index in [-0.39, 0.29) is 18.7 Å². The van der Waals surface area contributed by atoms with E-state index in [1.165, 1.54) is 5.56 Å². The molecule has 1 aliphatic heterocycles. The van der Waals surface area contributed by atoms with Crippen LogP contribution in [-0.2, 0) is 7.05 Å². The lowest BCUT2D eigenvalue weighted by molar-refractivity contribution is 0.180. The number of likely N-dealkylation sites (tertiary alicyclic amines) is 1. The number of aliphatic hydroxyl groups excluding tert-OH is 1. The van der Waals surface area contributed by atoms with Crippen LogP contribution in [0.3, 0.4) is 0 Å². The van der Waals surface area contributed by atoms with Gasteiger partial charge < -0.3 is 10.8 Å². The minimum atomic E-state index is 0.117. The van der Waals surface area contributed by atoms with Gasteiger partial charge in [0.05, 0.1) is 12.2 Å². The summed E-state index contributed by atoms with van der Waals surface area (Å²) in [4.78, 5) is 2.39. The molecule has 0 bridgehead atoms. The first-order valence-electron chi connectivity index (χ1n) is 6.74. The van der Waals surface area contributed by atoms with E-state index in [0.29, 0.717) is 5.92 Å². The van der Waals surface area contributed by atoms with E-state index in [4.69, 9.17) is 5.73 Å². The van der Waals surface area contributed by atoms with Gasteiger partial charge in [0.1, 0.15) is 0 Å². The van der Waals surface area contributed by atoms with Gasteiger partial charge in [-0.1, -0.05) is 6.92 Å². The normalized spacial score (nSPS) is 24.3. The molecule has 0 aliphatic carbocycles. The Morgan fingerprint density at radius 1 is 1.61 bits per heavy atom. The minimum Gasteiger partial charge on any atom is -0.396 e. The lowest BCUT2D eigenvalue weighted by Gasteiger charge is -2.31. The highest BCUT2D eigenvalue weighted by atomic mass is 16.3. The van der Waals surface area contributed by atoms with Crippen LogP contribution in [0.1, 0.15) is 31.4 Å². The average Bonchev–Trinajstić information content (AvgIpc) is 2.99. The third-order valence-corrected chi connectivity index (χ3v) is 3.91. The Morgan fingerprint density at radius 3 is 2.89 bits per heavy atom. The molecule has 5 heteroatoms. The Kier molecular flexibility index (Phi) is 4.37. The Balaban J connectivity index is 2.16. The van der Waals surface area contributed by atoms with Crippen molar-refractivity contribution in [2.24, 2.45) is 18.7 Å². The van der Waals surface area contributed by atoms with Gasteiger partial charge in [-0.25, -0.2) is 0 Å². The monoisotopic (exact) mass is 252 g/mol. The van der Waals surface area contributed by atoms with Crippen molar-refractivity contribution in [1.82, 2.24) is 14.7 Å². The lowest BCUT2D eigenvalue weighted by atomic mass is 9.99. The maximum atomic E-state index is 9.26. The second-order valence-corrected chi connectivity index (χ2v) is 5.30. The molecule has 3 N–H and O–H groups in total. The lowest BCUT2D eigenvalue weighted by Crippen LogP contribution is -2.39. The maximum absolute atomic E-state index is 9.26. The molecule has 1 aromatic heterocycles. The van der Waals surface area contributed by atoms with E-state index in [9.17, 15) is 5.11 Å². The first-order valence-corrected chi connectivity index (χ1v) is 6.74. The summed E-state index contributed by atoms with van der Waals surface area (Å²) in [5, 5.41) is 13.5.